The number of aliphatic hydroxyl groups is 4. The Morgan fingerprint density at radius 2 is 1.95 bits per heavy atom. The molecule has 1 unspecified atom stereocenters. The topological polar surface area (TPSA) is 122 Å². The molecule has 0 aliphatic carbocycles. The molecule has 1 fully saturated rings. The molecule has 0 radical (unpaired) electrons. The van der Waals surface area contributed by atoms with Gasteiger partial charge in [-0.15, -0.1) is 11.6 Å². The van der Waals surface area contributed by atoms with Gasteiger partial charge in [0.1, 0.15) is 24.4 Å². The second-order valence-corrected chi connectivity index (χ2v) is 5.57. The van der Waals surface area contributed by atoms with Gasteiger partial charge in [-0.3, -0.25) is 4.90 Å². The van der Waals surface area contributed by atoms with Gasteiger partial charge in [0, 0.05) is 19.0 Å². The minimum Gasteiger partial charge on any atom is -0.394 e. The van der Waals surface area contributed by atoms with Gasteiger partial charge in [-0.25, -0.2) is 4.79 Å². The summed E-state index contributed by atoms with van der Waals surface area (Å²) in [5.74, 6) is 0.238. The van der Waals surface area contributed by atoms with Crippen LogP contribution in [-0.4, -0.2) is 87.6 Å². The third-order valence-corrected chi connectivity index (χ3v) is 3.75. The van der Waals surface area contributed by atoms with Crippen molar-refractivity contribution in [1.29, 1.82) is 0 Å². The number of halogens is 1. The molecule has 0 bridgehead atoms. The lowest BCUT2D eigenvalue weighted by Gasteiger charge is -2.44. The number of aliphatic hydroxyl groups excluding tert-OH is 4. The Bertz CT molecular complexity index is 346. The fourth-order valence-electron chi connectivity index (χ4n) is 2.27. The smallest absolute Gasteiger partial charge is 0.319 e. The van der Waals surface area contributed by atoms with Gasteiger partial charge < -0.3 is 30.5 Å². The van der Waals surface area contributed by atoms with E-state index in [-0.39, 0.29) is 12.4 Å². The summed E-state index contributed by atoms with van der Waals surface area (Å²) in [6.07, 6.45) is -5.15. The van der Waals surface area contributed by atoms with E-state index in [2.05, 4.69) is 5.32 Å². The fourth-order valence-corrected chi connectivity index (χ4v) is 2.36. The minimum atomic E-state index is -1.51. The standard InChI is InChI=1S/C13H25ClN2O6/c1-2-3-6-16(13(21)15-5-4-14)12-11(20)10(19)9(18)8(7-17)22-12/h8-12,17-20H,2-7H2,1H3,(H,15,21)/t8-,9-,10+,11+,12?/m1/s1. The van der Waals surface area contributed by atoms with E-state index >= 15 is 0 Å². The third kappa shape index (κ3) is 4.68. The van der Waals surface area contributed by atoms with Gasteiger partial charge >= 0.3 is 6.03 Å². The highest BCUT2D eigenvalue weighted by Gasteiger charge is 2.46. The minimum absolute atomic E-state index is 0.238. The SMILES string of the molecule is CCCCN(C(=O)NCCCl)C1O[C@H](CO)[C@@H](O)[C@H](O)[C@@H]1O. The lowest BCUT2D eigenvalue weighted by atomic mass is 9.97. The van der Waals surface area contributed by atoms with Crippen LogP contribution in [0.4, 0.5) is 4.79 Å². The van der Waals surface area contributed by atoms with Gasteiger partial charge in [0.2, 0.25) is 0 Å². The molecule has 1 aliphatic heterocycles. The molecule has 2 amide bonds. The first kappa shape index (κ1) is 19.4. The zero-order valence-corrected chi connectivity index (χ0v) is 13.3. The van der Waals surface area contributed by atoms with E-state index in [1.54, 1.807) is 0 Å². The summed E-state index contributed by atoms with van der Waals surface area (Å²) >= 11 is 5.54. The van der Waals surface area contributed by atoms with Gasteiger partial charge in [0.25, 0.3) is 0 Å². The maximum absolute atomic E-state index is 12.2. The van der Waals surface area contributed by atoms with Crippen molar-refractivity contribution >= 4 is 17.6 Å². The van der Waals surface area contributed by atoms with Crippen molar-refractivity contribution in [1.82, 2.24) is 10.2 Å². The molecule has 1 aliphatic rings. The van der Waals surface area contributed by atoms with E-state index in [0.29, 0.717) is 13.0 Å². The van der Waals surface area contributed by atoms with Crippen molar-refractivity contribution in [2.24, 2.45) is 0 Å². The predicted molar refractivity (Wildman–Crippen MR) is 79.5 cm³/mol. The van der Waals surface area contributed by atoms with Crippen LogP contribution in [0.5, 0.6) is 0 Å². The maximum Gasteiger partial charge on any atom is 0.319 e. The van der Waals surface area contributed by atoms with Gasteiger partial charge in [-0.2, -0.15) is 0 Å². The highest BCUT2D eigenvalue weighted by Crippen LogP contribution is 2.24. The average molecular weight is 341 g/mol. The third-order valence-electron chi connectivity index (χ3n) is 3.56. The molecule has 0 spiro atoms. The Morgan fingerprint density at radius 3 is 2.50 bits per heavy atom. The molecule has 0 saturated carbocycles. The first-order valence-electron chi connectivity index (χ1n) is 7.38. The first-order chi connectivity index (χ1) is 10.5. The molecule has 8 nitrogen and oxygen atoms in total. The van der Waals surface area contributed by atoms with E-state index < -0.39 is 43.3 Å². The maximum atomic E-state index is 12.2. The molecule has 9 heteroatoms. The van der Waals surface area contributed by atoms with Crippen LogP contribution in [0.2, 0.25) is 0 Å². The molecule has 0 aromatic carbocycles. The summed E-state index contributed by atoms with van der Waals surface area (Å²) in [6.45, 7) is 1.96. The second kappa shape index (κ2) is 9.49. The summed E-state index contributed by atoms with van der Waals surface area (Å²) in [5, 5.41) is 41.5. The Hall–Kier alpha value is -0.640. The van der Waals surface area contributed by atoms with Crippen molar-refractivity contribution in [2.45, 2.75) is 50.4 Å². The molecule has 5 atom stereocenters. The van der Waals surface area contributed by atoms with E-state index in [1.165, 1.54) is 4.90 Å². The van der Waals surface area contributed by atoms with E-state index in [0.717, 1.165) is 6.42 Å². The number of hydrogen-bond donors (Lipinski definition) is 5. The number of unbranched alkanes of at least 4 members (excludes halogenated alkanes) is 1. The highest BCUT2D eigenvalue weighted by atomic mass is 35.5. The molecule has 1 saturated heterocycles. The molecule has 0 aromatic rings. The van der Waals surface area contributed by atoms with Crippen LogP contribution in [0.3, 0.4) is 0 Å². The number of carbonyl (C=O) groups is 1. The van der Waals surface area contributed by atoms with Crippen LogP contribution in [0.1, 0.15) is 19.8 Å². The Morgan fingerprint density at radius 1 is 1.27 bits per heavy atom. The number of carbonyl (C=O) groups excluding carboxylic acids is 1. The van der Waals surface area contributed by atoms with Crippen LogP contribution >= 0.6 is 11.6 Å². The number of amides is 2. The molecule has 0 aromatic heterocycles. The van der Waals surface area contributed by atoms with Crippen LogP contribution < -0.4 is 5.32 Å². The number of ether oxygens (including phenoxy) is 1. The van der Waals surface area contributed by atoms with Crippen molar-refractivity contribution in [3.63, 3.8) is 0 Å². The predicted octanol–water partition coefficient (Wildman–Crippen LogP) is -1.16. The Labute approximate surface area is 134 Å². The normalized spacial score (nSPS) is 31.8. The van der Waals surface area contributed by atoms with Crippen LogP contribution in [0, 0.1) is 0 Å². The molecular weight excluding hydrogens is 316 g/mol. The Kier molecular flexibility index (Phi) is 8.37. The van der Waals surface area contributed by atoms with E-state index in [1.807, 2.05) is 6.92 Å². The highest BCUT2D eigenvalue weighted by molar-refractivity contribution is 6.18. The number of hydrogen-bond acceptors (Lipinski definition) is 6. The number of urea groups is 1. The second-order valence-electron chi connectivity index (χ2n) is 5.19. The fraction of sp³-hybridized carbons (Fsp3) is 0.923. The zero-order valence-electron chi connectivity index (χ0n) is 12.6. The lowest BCUT2D eigenvalue weighted by Crippen LogP contribution is -2.65. The molecule has 5 N–H and O–H groups in total. The lowest BCUT2D eigenvalue weighted by molar-refractivity contribution is -0.257. The van der Waals surface area contributed by atoms with Crippen molar-refractivity contribution in [3.05, 3.63) is 0 Å². The summed E-state index contributed by atoms with van der Waals surface area (Å²) in [6, 6.07) is -0.488. The molecular formula is C13H25ClN2O6. The van der Waals surface area contributed by atoms with Gasteiger partial charge in [0.05, 0.1) is 6.61 Å². The van der Waals surface area contributed by atoms with Crippen LogP contribution in [0.15, 0.2) is 0 Å². The number of rotatable bonds is 7. The zero-order chi connectivity index (χ0) is 16.7. The van der Waals surface area contributed by atoms with E-state index in [4.69, 9.17) is 16.3 Å². The number of nitrogens with zero attached hydrogens (tertiary/aromatic N) is 1. The van der Waals surface area contributed by atoms with Gasteiger partial charge in [-0.1, -0.05) is 13.3 Å². The molecule has 1 heterocycles. The van der Waals surface area contributed by atoms with Gasteiger partial charge in [-0.05, 0) is 6.42 Å². The molecule has 130 valence electrons. The number of alkyl halides is 1. The van der Waals surface area contributed by atoms with Crippen molar-refractivity contribution in [2.75, 3.05) is 25.6 Å². The van der Waals surface area contributed by atoms with Crippen LogP contribution in [0.25, 0.3) is 0 Å². The average Bonchev–Trinajstić information content (AvgIpc) is 2.52. The summed E-state index contributed by atoms with van der Waals surface area (Å²) in [7, 11) is 0. The number of nitrogens with one attached hydrogen (secondary N) is 1. The molecule has 22 heavy (non-hydrogen) atoms. The van der Waals surface area contributed by atoms with Crippen molar-refractivity contribution < 1.29 is 30.0 Å². The van der Waals surface area contributed by atoms with Crippen LogP contribution in [-0.2, 0) is 4.74 Å². The Balaban J connectivity index is 2.88. The van der Waals surface area contributed by atoms with Gasteiger partial charge in [0.15, 0.2) is 6.23 Å². The first-order valence-corrected chi connectivity index (χ1v) is 7.92. The largest absolute Gasteiger partial charge is 0.394 e. The summed E-state index contributed by atoms with van der Waals surface area (Å²) in [4.78, 5) is 13.4. The van der Waals surface area contributed by atoms with E-state index in [9.17, 15) is 25.2 Å². The monoisotopic (exact) mass is 340 g/mol. The summed E-state index contributed by atoms with van der Waals surface area (Å²) in [5.41, 5.74) is 0. The quantitative estimate of drug-likeness (QED) is 0.372. The molecule has 1 rings (SSSR count). The summed E-state index contributed by atoms with van der Waals surface area (Å²) < 4.78 is 5.41. The van der Waals surface area contributed by atoms with Crippen molar-refractivity contribution in [3.8, 4) is 0 Å².